The quantitative estimate of drug-likeness (QED) is 0.426. The van der Waals surface area contributed by atoms with Crippen molar-refractivity contribution in [1.29, 1.82) is 0 Å². The van der Waals surface area contributed by atoms with Crippen LogP contribution in [0.2, 0.25) is 0 Å². The van der Waals surface area contributed by atoms with E-state index >= 15 is 0 Å². The zero-order chi connectivity index (χ0) is 13.8. The first-order valence-corrected chi connectivity index (χ1v) is 8.12. The minimum Gasteiger partial charge on any atom is -0.0839 e. The molecule has 0 aliphatic rings. The maximum absolute atomic E-state index is 2.31. The van der Waals surface area contributed by atoms with Crippen molar-refractivity contribution in [3.63, 3.8) is 0 Å². The van der Waals surface area contributed by atoms with Crippen LogP contribution in [-0.2, 0) is 6.42 Å². The van der Waals surface area contributed by atoms with Crippen molar-refractivity contribution in [2.24, 2.45) is 0 Å². The van der Waals surface area contributed by atoms with Gasteiger partial charge in [-0.15, -0.1) is 0 Å². The second-order valence-electron chi connectivity index (χ2n) is 5.45. The third-order valence-electron chi connectivity index (χ3n) is 3.58. The molecule has 0 saturated carbocycles. The first-order valence-electron chi connectivity index (χ1n) is 8.12. The fraction of sp³-hybridized carbons (Fsp3) is 0.579. The van der Waals surface area contributed by atoms with Crippen molar-refractivity contribution < 1.29 is 0 Å². The molecule has 0 radical (unpaired) electrons. The number of hydrogen-bond acceptors (Lipinski definition) is 0. The molecule has 106 valence electrons. The van der Waals surface area contributed by atoms with Crippen LogP contribution < -0.4 is 0 Å². The minimum atomic E-state index is 1.21. The average molecular weight is 258 g/mol. The average Bonchev–Trinajstić information content (AvgIpc) is 2.45. The molecule has 0 aliphatic carbocycles. The maximum Gasteiger partial charge on any atom is -0.0260 e. The molecule has 0 aliphatic heterocycles. The normalized spacial score (nSPS) is 11.3. The van der Waals surface area contributed by atoms with Crippen molar-refractivity contribution >= 4 is 6.08 Å². The van der Waals surface area contributed by atoms with Gasteiger partial charge in [-0.25, -0.2) is 0 Å². The standard InChI is InChI=1S/C19H30/c1-3-5-7-9-11-13-19-16-14-18(15-17-19)12-10-8-6-4-2/h11,13-17H,3-10,12H2,1-2H3. The number of unbranched alkanes of at least 4 members (excludes halogenated alkanes) is 6. The molecule has 0 amide bonds. The Bertz CT molecular complexity index is 332. The molecule has 0 aromatic heterocycles. The van der Waals surface area contributed by atoms with Gasteiger partial charge in [-0.2, -0.15) is 0 Å². The zero-order valence-electron chi connectivity index (χ0n) is 12.8. The van der Waals surface area contributed by atoms with Crippen molar-refractivity contribution in [2.75, 3.05) is 0 Å². The zero-order valence-corrected chi connectivity index (χ0v) is 12.8. The van der Waals surface area contributed by atoms with Gasteiger partial charge in [-0.05, 0) is 36.8 Å². The second kappa shape index (κ2) is 10.8. The van der Waals surface area contributed by atoms with Gasteiger partial charge in [0.15, 0.2) is 0 Å². The molecule has 0 saturated heterocycles. The summed E-state index contributed by atoms with van der Waals surface area (Å²) < 4.78 is 0. The molecule has 0 fully saturated rings. The molecule has 1 rings (SSSR count). The van der Waals surface area contributed by atoms with Crippen LogP contribution >= 0.6 is 0 Å². The van der Waals surface area contributed by atoms with E-state index < -0.39 is 0 Å². The van der Waals surface area contributed by atoms with E-state index in [1.54, 1.807) is 0 Å². The van der Waals surface area contributed by atoms with Gasteiger partial charge in [0.05, 0.1) is 0 Å². The van der Waals surface area contributed by atoms with E-state index in [-0.39, 0.29) is 0 Å². The molecule has 0 atom stereocenters. The lowest BCUT2D eigenvalue weighted by Gasteiger charge is -2.02. The largest absolute Gasteiger partial charge is 0.0839 e. The predicted molar refractivity (Wildman–Crippen MR) is 87.5 cm³/mol. The van der Waals surface area contributed by atoms with Crippen LogP contribution in [0.25, 0.3) is 6.08 Å². The first-order chi connectivity index (χ1) is 9.36. The van der Waals surface area contributed by atoms with Crippen LogP contribution in [0.4, 0.5) is 0 Å². The molecular weight excluding hydrogens is 228 g/mol. The Morgan fingerprint density at radius 1 is 0.789 bits per heavy atom. The van der Waals surface area contributed by atoms with Gasteiger partial charge >= 0.3 is 0 Å². The van der Waals surface area contributed by atoms with Gasteiger partial charge in [0.2, 0.25) is 0 Å². The molecule has 1 aromatic rings. The third-order valence-corrected chi connectivity index (χ3v) is 3.58. The van der Waals surface area contributed by atoms with E-state index in [4.69, 9.17) is 0 Å². The van der Waals surface area contributed by atoms with Crippen molar-refractivity contribution in [1.82, 2.24) is 0 Å². The minimum absolute atomic E-state index is 1.21. The number of benzene rings is 1. The van der Waals surface area contributed by atoms with Crippen LogP contribution in [0.3, 0.4) is 0 Å². The Hall–Kier alpha value is -1.04. The lowest BCUT2D eigenvalue weighted by Crippen LogP contribution is -1.85. The van der Waals surface area contributed by atoms with Gasteiger partial charge in [-0.3, -0.25) is 0 Å². The molecule has 0 nitrogen and oxygen atoms in total. The van der Waals surface area contributed by atoms with Gasteiger partial charge in [0.1, 0.15) is 0 Å². The predicted octanol–water partition coefficient (Wildman–Crippen LogP) is 6.40. The molecule has 0 spiro atoms. The van der Waals surface area contributed by atoms with Gasteiger partial charge < -0.3 is 0 Å². The van der Waals surface area contributed by atoms with E-state index in [9.17, 15) is 0 Å². The summed E-state index contributed by atoms with van der Waals surface area (Å²) in [5.41, 5.74) is 2.83. The number of aryl methyl sites for hydroxylation is 1. The third kappa shape index (κ3) is 7.87. The van der Waals surface area contributed by atoms with Crippen LogP contribution in [0, 0.1) is 0 Å². The van der Waals surface area contributed by atoms with E-state index in [0.717, 1.165) is 0 Å². The number of hydrogen-bond donors (Lipinski definition) is 0. The monoisotopic (exact) mass is 258 g/mol. The molecule has 0 unspecified atom stereocenters. The summed E-state index contributed by atoms with van der Waals surface area (Å²) in [4.78, 5) is 0. The lowest BCUT2D eigenvalue weighted by atomic mass is 10.0. The van der Waals surface area contributed by atoms with Crippen molar-refractivity contribution in [3.8, 4) is 0 Å². The topological polar surface area (TPSA) is 0 Å². The summed E-state index contributed by atoms with van der Waals surface area (Å²) in [6.45, 7) is 4.52. The maximum atomic E-state index is 2.31. The number of rotatable bonds is 10. The highest BCUT2D eigenvalue weighted by Crippen LogP contribution is 2.11. The highest BCUT2D eigenvalue weighted by Gasteiger charge is 1.93. The van der Waals surface area contributed by atoms with Crippen LogP contribution in [0.5, 0.6) is 0 Å². The lowest BCUT2D eigenvalue weighted by molar-refractivity contribution is 0.667. The molecule has 0 heterocycles. The van der Waals surface area contributed by atoms with E-state index in [2.05, 4.69) is 50.3 Å². The molecule has 0 bridgehead atoms. The summed E-state index contributed by atoms with van der Waals surface area (Å²) in [5, 5.41) is 0. The molecule has 1 aromatic carbocycles. The van der Waals surface area contributed by atoms with Gasteiger partial charge in [-0.1, -0.05) is 82.4 Å². The summed E-state index contributed by atoms with van der Waals surface area (Å²) in [7, 11) is 0. The number of allylic oxidation sites excluding steroid dienone is 1. The Balaban J connectivity index is 2.26. The van der Waals surface area contributed by atoms with Crippen LogP contribution in [0.1, 0.15) is 76.3 Å². The Labute approximate surface area is 119 Å². The Morgan fingerprint density at radius 3 is 2.16 bits per heavy atom. The van der Waals surface area contributed by atoms with Crippen molar-refractivity contribution in [2.45, 2.75) is 71.6 Å². The van der Waals surface area contributed by atoms with E-state index in [1.165, 1.54) is 68.9 Å². The van der Waals surface area contributed by atoms with Crippen molar-refractivity contribution in [3.05, 3.63) is 41.5 Å². The van der Waals surface area contributed by atoms with E-state index in [1.807, 2.05) is 0 Å². The van der Waals surface area contributed by atoms with Gasteiger partial charge in [0.25, 0.3) is 0 Å². The second-order valence-corrected chi connectivity index (χ2v) is 5.45. The molecular formula is C19H30. The fourth-order valence-corrected chi connectivity index (χ4v) is 2.28. The SMILES string of the molecule is CCCCCC=Cc1ccc(CCCCCC)cc1. The fourth-order valence-electron chi connectivity index (χ4n) is 2.28. The molecule has 0 heteroatoms. The highest BCUT2D eigenvalue weighted by molar-refractivity contribution is 5.49. The molecule has 0 N–H and O–H groups in total. The summed E-state index contributed by atoms with van der Waals surface area (Å²) in [6.07, 6.45) is 16.4. The summed E-state index contributed by atoms with van der Waals surface area (Å²) in [6, 6.07) is 9.09. The van der Waals surface area contributed by atoms with E-state index in [0.29, 0.717) is 0 Å². The Kier molecular flexibility index (Phi) is 9.14. The summed E-state index contributed by atoms with van der Waals surface area (Å²) in [5.74, 6) is 0. The molecule has 19 heavy (non-hydrogen) atoms. The highest BCUT2D eigenvalue weighted by atomic mass is 14.0. The first kappa shape index (κ1) is 16.0. The summed E-state index contributed by atoms with van der Waals surface area (Å²) >= 11 is 0. The van der Waals surface area contributed by atoms with Gasteiger partial charge in [0, 0.05) is 0 Å². The Morgan fingerprint density at radius 2 is 1.47 bits per heavy atom. The van der Waals surface area contributed by atoms with Crippen LogP contribution in [0.15, 0.2) is 30.3 Å². The smallest absolute Gasteiger partial charge is 0.0260 e. The van der Waals surface area contributed by atoms with Crippen LogP contribution in [-0.4, -0.2) is 0 Å².